The first-order chi connectivity index (χ1) is 14.8. The Morgan fingerprint density at radius 3 is 2.42 bits per heavy atom. The maximum atomic E-state index is 14.8. The van der Waals surface area contributed by atoms with Crippen LogP contribution in [0.3, 0.4) is 0 Å². The zero-order valence-corrected chi connectivity index (χ0v) is 17.5. The summed E-state index contributed by atoms with van der Waals surface area (Å²) in [7, 11) is 0. The third-order valence-corrected chi connectivity index (χ3v) is 5.31. The summed E-state index contributed by atoms with van der Waals surface area (Å²) in [5.41, 5.74) is 2.28. The SMILES string of the molecule is CC(O)c1cnc(-c2cc3c(NC(C)c4ccccc4F)c(Cl)cnc3cc2F)cn1. The molecule has 2 aromatic carbocycles. The van der Waals surface area contributed by atoms with Crippen LogP contribution >= 0.6 is 11.6 Å². The van der Waals surface area contributed by atoms with Crippen LogP contribution in [0, 0.1) is 11.6 Å². The fraction of sp³-hybridized carbons (Fsp3) is 0.174. The maximum Gasteiger partial charge on any atom is 0.134 e. The minimum absolute atomic E-state index is 0.211. The Kier molecular flexibility index (Phi) is 5.80. The summed E-state index contributed by atoms with van der Waals surface area (Å²) in [4.78, 5) is 12.6. The van der Waals surface area contributed by atoms with Crippen LogP contribution in [0.4, 0.5) is 14.5 Å². The van der Waals surface area contributed by atoms with Crippen LogP contribution < -0.4 is 5.32 Å². The smallest absolute Gasteiger partial charge is 0.134 e. The third kappa shape index (κ3) is 4.19. The van der Waals surface area contributed by atoms with Crippen LogP contribution in [0.1, 0.15) is 37.3 Å². The van der Waals surface area contributed by atoms with Gasteiger partial charge in [0.1, 0.15) is 11.6 Å². The van der Waals surface area contributed by atoms with Crippen molar-refractivity contribution in [3.8, 4) is 11.3 Å². The van der Waals surface area contributed by atoms with E-state index in [9.17, 15) is 13.9 Å². The number of aliphatic hydroxyl groups is 1. The van der Waals surface area contributed by atoms with Crippen LogP contribution in [0.25, 0.3) is 22.2 Å². The van der Waals surface area contributed by atoms with Crippen molar-refractivity contribution < 1.29 is 13.9 Å². The van der Waals surface area contributed by atoms with E-state index in [1.54, 1.807) is 31.2 Å². The molecule has 0 fully saturated rings. The summed E-state index contributed by atoms with van der Waals surface area (Å²) < 4.78 is 29.0. The van der Waals surface area contributed by atoms with E-state index in [0.717, 1.165) is 0 Å². The number of hydrogen-bond donors (Lipinski definition) is 2. The molecular formula is C23H19ClF2N4O. The Bertz CT molecular complexity index is 1250. The second-order valence-corrected chi connectivity index (χ2v) is 7.63. The molecule has 2 aromatic heterocycles. The largest absolute Gasteiger partial charge is 0.387 e. The van der Waals surface area contributed by atoms with Gasteiger partial charge in [-0.15, -0.1) is 0 Å². The lowest BCUT2D eigenvalue weighted by molar-refractivity contribution is 0.194. The number of nitrogens with zero attached hydrogens (tertiary/aromatic N) is 3. The Labute approximate surface area is 182 Å². The number of anilines is 1. The molecule has 2 atom stereocenters. The first-order valence-corrected chi connectivity index (χ1v) is 10.0. The van der Waals surface area contributed by atoms with Gasteiger partial charge >= 0.3 is 0 Å². The van der Waals surface area contributed by atoms with Gasteiger partial charge in [-0.2, -0.15) is 0 Å². The molecule has 2 heterocycles. The lowest BCUT2D eigenvalue weighted by Crippen LogP contribution is -2.09. The molecule has 0 saturated heterocycles. The van der Waals surface area contributed by atoms with Gasteiger partial charge in [0.2, 0.25) is 0 Å². The molecule has 0 saturated carbocycles. The van der Waals surface area contributed by atoms with Crippen molar-refractivity contribution in [2.75, 3.05) is 5.32 Å². The van der Waals surface area contributed by atoms with E-state index in [1.807, 2.05) is 6.92 Å². The number of hydrogen-bond acceptors (Lipinski definition) is 5. The highest BCUT2D eigenvalue weighted by Crippen LogP contribution is 2.36. The van der Waals surface area contributed by atoms with Crippen LogP contribution in [0.5, 0.6) is 0 Å². The van der Waals surface area contributed by atoms with Gasteiger partial charge in [0.15, 0.2) is 0 Å². The van der Waals surface area contributed by atoms with Crippen LogP contribution in [-0.2, 0) is 0 Å². The summed E-state index contributed by atoms with van der Waals surface area (Å²) in [5, 5.41) is 13.7. The van der Waals surface area contributed by atoms with Crippen molar-refractivity contribution in [2.24, 2.45) is 0 Å². The van der Waals surface area contributed by atoms with Crippen LogP contribution in [0.15, 0.2) is 55.0 Å². The van der Waals surface area contributed by atoms with Gasteiger partial charge in [-0.05, 0) is 26.0 Å². The number of aromatic nitrogens is 3. The highest BCUT2D eigenvalue weighted by atomic mass is 35.5. The van der Waals surface area contributed by atoms with Crippen molar-refractivity contribution in [3.63, 3.8) is 0 Å². The average Bonchev–Trinajstić information content (AvgIpc) is 2.76. The normalized spacial score (nSPS) is 13.2. The molecule has 5 nitrogen and oxygen atoms in total. The van der Waals surface area contributed by atoms with Crippen molar-refractivity contribution in [2.45, 2.75) is 26.0 Å². The van der Waals surface area contributed by atoms with E-state index in [0.29, 0.717) is 38.6 Å². The van der Waals surface area contributed by atoms with E-state index >= 15 is 0 Å². The molecule has 0 aliphatic heterocycles. The Morgan fingerprint density at radius 2 is 1.74 bits per heavy atom. The zero-order valence-electron chi connectivity index (χ0n) is 16.8. The number of fused-ring (bicyclic) bond motifs is 1. The fourth-order valence-corrected chi connectivity index (χ4v) is 3.55. The number of pyridine rings is 1. The highest BCUT2D eigenvalue weighted by Gasteiger charge is 2.17. The molecule has 0 radical (unpaired) electrons. The van der Waals surface area contributed by atoms with Gasteiger partial charge in [-0.25, -0.2) is 8.78 Å². The third-order valence-electron chi connectivity index (χ3n) is 5.02. The predicted molar refractivity (Wildman–Crippen MR) is 117 cm³/mol. The molecule has 0 amide bonds. The minimum atomic E-state index is -0.776. The second-order valence-electron chi connectivity index (χ2n) is 7.22. The number of benzene rings is 2. The molecule has 31 heavy (non-hydrogen) atoms. The molecule has 8 heteroatoms. The summed E-state index contributed by atoms with van der Waals surface area (Å²) in [6.45, 7) is 3.38. The Balaban J connectivity index is 1.80. The predicted octanol–water partition coefficient (Wildman–Crippen LogP) is 5.85. The van der Waals surface area contributed by atoms with Crippen LogP contribution in [-0.4, -0.2) is 20.1 Å². The fourth-order valence-electron chi connectivity index (χ4n) is 3.35. The number of halogens is 3. The van der Waals surface area contributed by atoms with Gasteiger partial charge in [-0.1, -0.05) is 29.8 Å². The minimum Gasteiger partial charge on any atom is -0.387 e. The highest BCUT2D eigenvalue weighted by molar-refractivity contribution is 6.34. The molecule has 0 aliphatic rings. The molecular weight excluding hydrogens is 422 g/mol. The lowest BCUT2D eigenvalue weighted by atomic mass is 10.0. The second kappa shape index (κ2) is 8.53. The van der Waals surface area contributed by atoms with Crippen LogP contribution in [0.2, 0.25) is 5.02 Å². The molecule has 0 bridgehead atoms. The van der Waals surface area contributed by atoms with E-state index < -0.39 is 18.0 Å². The van der Waals surface area contributed by atoms with Gasteiger partial charge in [-0.3, -0.25) is 15.0 Å². The molecule has 2 N–H and O–H groups in total. The van der Waals surface area contributed by atoms with E-state index in [2.05, 4.69) is 20.3 Å². The first-order valence-electron chi connectivity index (χ1n) is 9.64. The van der Waals surface area contributed by atoms with E-state index in [1.165, 1.54) is 30.7 Å². The Hall–Kier alpha value is -3.16. The number of rotatable bonds is 5. The van der Waals surface area contributed by atoms with Crippen molar-refractivity contribution >= 4 is 28.2 Å². The van der Waals surface area contributed by atoms with E-state index in [-0.39, 0.29) is 11.4 Å². The van der Waals surface area contributed by atoms with Gasteiger partial charge in [0.25, 0.3) is 0 Å². The van der Waals surface area contributed by atoms with Crippen molar-refractivity contribution in [3.05, 3.63) is 82.9 Å². The summed E-state index contributed by atoms with van der Waals surface area (Å²) >= 11 is 6.40. The quantitative estimate of drug-likeness (QED) is 0.407. The van der Waals surface area contributed by atoms with Gasteiger partial charge in [0.05, 0.1) is 52.2 Å². The van der Waals surface area contributed by atoms with E-state index in [4.69, 9.17) is 11.6 Å². The molecule has 158 valence electrons. The van der Waals surface area contributed by atoms with Gasteiger partial charge in [0, 0.05) is 28.8 Å². The number of aliphatic hydroxyl groups excluding tert-OH is 1. The molecule has 0 aliphatic carbocycles. The zero-order chi connectivity index (χ0) is 22.1. The topological polar surface area (TPSA) is 70.9 Å². The monoisotopic (exact) mass is 440 g/mol. The molecule has 4 aromatic rings. The summed E-state index contributed by atoms with van der Waals surface area (Å²) in [6.07, 6.45) is 3.46. The first kappa shape index (κ1) is 21.1. The molecule has 2 unspecified atom stereocenters. The standard InChI is InChI=1S/C23H19ClF2N4O/c1-12(14-5-3-4-6-18(14)25)30-23-16-7-15(19(26)8-20(16)27-9-17(23)24)22-11-28-21(10-29-22)13(2)31/h3-13,31H,1-2H3,(H,27,30). The van der Waals surface area contributed by atoms with Gasteiger partial charge < -0.3 is 10.4 Å². The summed E-state index contributed by atoms with van der Waals surface area (Å²) in [6, 6.07) is 8.95. The van der Waals surface area contributed by atoms with Crippen molar-refractivity contribution in [1.82, 2.24) is 15.0 Å². The Morgan fingerprint density at radius 1 is 0.968 bits per heavy atom. The average molecular weight is 441 g/mol. The molecule has 4 rings (SSSR count). The number of nitrogens with one attached hydrogen (secondary N) is 1. The maximum absolute atomic E-state index is 14.8. The summed E-state index contributed by atoms with van der Waals surface area (Å²) in [5.74, 6) is -0.855. The molecule has 0 spiro atoms. The van der Waals surface area contributed by atoms with Crippen molar-refractivity contribution in [1.29, 1.82) is 0 Å². The lowest BCUT2D eigenvalue weighted by Gasteiger charge is -2.19.